The quantitative estimate of drug-likeness (QED) is 0.734. The Morgan fingerprint density at radius 2 is 2.00 bits per heavy atom. The summed E-state index contributed by atoms with van der Waals surface area (Å²) >= 11 is 0. The Bertz CT molecular complexity index is 513. The number of nitrogens with zero attached hydrogens (tertiary/aromatic N) is 1. The molecule has 0 aromatic heterocycles. The van der Waals surface area contributed by atoms with Crippen molar-refractivity contribution in [2.45, 2.75) is 18.9 Å². The zero-order valence-electron chi connectivity index (χ0n) is 11.7. The van der Waals surface area contributed by atoms with E-state index >= 15 is 0 Å². The van der Waals surface area contributed by atoms with E-state index < -0.39 is 5.91 Å². The number of rotatable bonds is 5. The molecule has 1 fully saturated rings. The lowest BCUT2D eigenvalue weighted by Crippen LogP contribution is -2.44. The van der Waals surface area contributed by atoms with E-state index in [1.54, 1.807) is 11.0 Å². The molecule has 1 aliphatic rings. The molecule has 114 valence electrons. The maximum absolute atomic E-state index is 11.1. The minimum absolute atomic E-state index is 0.138. The number of benzene rings is 1. The molecule has 21 heavy (non-hydrogen) atoms. The van der Waals surface area contributed by atoms with Crippen LogP contribution in [0.3, 0.4) is 0 Å². The number of nitrogens with two attached hydrogens (primary N) is 2. The Morgan fingerprint density at radius 3 is 2.62 bits per heavy atom. The first-order chi connectivity index (χ1) is 10.0. The van der Waals surface area contributed by atoms with Crippen molar-refractivity contribution < 1.29 is 14.3 Å². The largest absolute Gasteiger partial charge is 0.484 e. The highest BCUT2D eigenvalue weighted by atomic mass is 16.5. The molecule has 0 atom stereocenters. The van der Waals surface area contributed by atoms with Crippen LogP contribution in [0.1, 0.15) is 12.8 Å². The maximum Gasteiger partial charge on any atom is 0.314 e. The maximum atomic E-state index is 11.1. The van der Waals surface area contributed by atoms with E-state index in [9.17, 15) is 9.59 Å². The topological polar surface area (TPSA) is 111 Å². The molecule has 1 aliphatic heterocycles. The van der Waals surface area contributed by atoms with Crippen molar-refractivity contribution in [1.29, 1.82) is 0 Å². The van der Waals surface area contributed by atoms with E-state index in [0.717, 1.165) is 18.5 Å². The summed E-state index contributed by atoms with van der Waals surface area (Å²) in [5.41, 5.74) is 11.2. The number of primary amides is 2. The van der Waals surface area contributed by atoms with Crippen LogP contribution in [0, 0.1) is 0 Å². The summed E-state index contributed by atoms with van der Waals surface area (Å²) in [6.07, 6.45) is 1.69. The zero-order valence-corrected chi connectivity index (χ0v) is 11.7. The van der Waals surface area contributed by atoms with Crippen LogP contribution >= 0.6 is 0 Å². The molecule has 0 saturated carbocycles. The van der Waals surface area contributed by atoms with E-state index in [0.29, 0.717) is 18.8 Å². The third kappa shape index (κ3) is 4.55. The number of ether oxygens (including phenoxy) is 1. The highest BCUT2D eigenvalue weighted by Crippen LogP contribution is 2.21. The van der Waals surface area contributed by atoms with Crippen molar-refractivity contribution >= 4 is 17.6 Å². The minimum Gasteiger partial charge on any atom is -0.484 e. The van der Waals surface area contributed by atoms with Gasteiger partial charge in [0, 0.05) is 30.9 Å². The van der Waals surface area contributed by atoms with E-state index in [1.807, 2.05) is 18.2 Å². The number of carbonyl (C=O) groups excluding carboxylic acids is 2. The van der Waals surface area contributed by atoms with Crippen LogP contribution in [-0.4, -0.2) is 42.6 Å². The fourth-order valence-electron chi connectivity index (χ4n) is 2.31. The van der Waals surface area contributed by atoms with Crippen LogP contribution in [0.2, 0.25) is 0 Å². The van der Waals surface area contributed by atoms with Gasteiger partial charge in [0.1, 0.15) is 5.75 Å². The number of hydrogen-bond donors (Lipinski definition) is 3. The van der Waals surface area contributed by atoms with Gasteiger partial charge in [-0.1, -0.05) is 6.07 Å². The predicted molar refractivity (Wildman–Crippen MR) is 78.9 cm³/mol. The molecule has 1 aromatic rings. The summed E-state index contributed by atoms with van der Waals surface area (Å²) in [7, 11) is 0. The van der Waals surface area contributed by atoms with Gasteiger partial charge in [-0.15, -0.1) is 0 Å². The fourth-order valence-corrected chi connectivity index (χ4v) is 2.31. The van der Waals surface area contributed by atoms with Gasteiger partial charge >= 0.3 is 6.03 Å². The number of anilines is 1. The SMILES string of the molecule is NC(=O)COc1cccc(NC2CCN(C(N)=O)CC2)c1. The average Bonchev–Trinajstić information content (AvgIpc) is 2.46. The Morgan fingerprint density at radius 1 is 1.29 bits per heavy atom. The third-order valence-electron chi connectivity index (χ3n) is 3.39. The average molecular weight is 292 g/mol. The zero-order chi connectivity index (χ0) is 15.2. The summed E-state index contributed by atoms with van der Waals surface area (Å²) in [6.45, 7) is 1.18. The van der Waals surface area contributed by atoms with Crippen LogP contribution in [0.4, 0.5) is 10.5 Å². The molecule has 1 saturated heterocycles. The minimum atomic E-state index is -0.507. The summed E-state index contributed by atoms with van der Waals surface area (Å²) in [5, 5.41) is 3.39. The monoisotopic (exact) mass is 292 g/mol. The molecule has 0 unspecified atom stereocenters. The molecule has 0 aliphatic carbocycles. The van der Waals surface area contributed by atoms with Gasteiger partial charge in [0.25, 0.3) is 5.91 Å². The van der Waals surface area contributed by atoms with Gasteiger partial charge in [0.05, 0.1) is 0 Å². The molecule has 3 amide bonds. The molecule has 1 aromatic carbocycles. The van der Waals surface area contributed by atoms with Gasteiger partial charge < -0.3 is 26.4 Å². The molecule has 7 heteroatoms. The molecule has 0 spiro atoms. The molecule has 5 N–H and O–H groups in total. The van der Waals surface area contributed by atoms with Crippen LogP contribution in [0.25, 0.3) is 0 Å². The van der Waals surface area contributed by atoms with Gasteiger partial charge in [-0.3, -0.25) is 4.79 Å². The van der Waals surface area contributed by atoms with E-state index in [2.05, 4.69) is 5.32 Å². The van der Waals surface area contributed by atoms with Crippen LogP contribution in [-0.2, 0) is 4.79 Å². The fraction of sp³-hybridized carbons (Fsp3) is 0.429. The Kier molecular flexibility index (Phi) is 4.86. The molecule has 0 radical (unpaired) electrons. The Labute approximate surface area is 123 Å². The molecular formula is C14H20N4O3. The van der Waals surface area contributed by atoms with Crippen molar-refractivity contribution in [3.63, 3.8) is 0 Å². The van der Waals surface area contributed by atoms with Gasteiger partial charge in [-0.05, 0) is 25.0 Å². The second-order valence-corrected chi connectivity index (χ2v) is 5.03. The second-order valence-electron chi connectivity index (χ2n) is 5.03. The van der Waals surface area contributed by atoms with E-state index in [1.165, 1.54) is 0 Å². The molecule has 0 bridgehead atoms. The molecule has 1 heterocycles. The van der Waals surface area contributed by atoms with Crippen molar-refractivity contribution in [2.75, 3.05) is 25.0 Å². The lowest BCUT2D eigenvalue weighted by atomic mass is 10.0. The van der Waals surface area contributed by atoms with Crippen LogP contribution in [0.15, 0.2) is 24.3 Å². The van der Waals surface area contributed by atoms with Gasteiger partial charge in [-0.2, -0.15) is 0 Å². The van der Waals surface area contributed by atoms with Gasteiger partial charge in [0.2, 0.25) is 0 Å². The first-order valence-corrected chi connectivity index (χ1v) is 6.86. The van der Waals surface area contributed by atoms with Crippen LogP contribution in [0.5, 0.6) is 5.75 Å². The molecular weight excluding hydrogens is 272 g/mol. The second kappa shape index (κ2) is 6.83. The Balaban J connectivity index is 1.87. The normalized spacial score (nSPS) is 15.5. The van der Waals surface area contributed by atoms with E-state index in [-0.39, 0.29) is 18.7 Å². The van der Waals surface area contributed by atoms with Crippen molar-refractivity contribution in [1.82, 2.24) is 4.90 Å². The lowest BCUT2D eigenvalue weighted by Gasteiger charge is -2.31. The number of likely N-dealkylation sites (tertiary alicyclic amines) is 1. The summed E-state index contributed by atoms with van der Waals surface area (Å²) in [4.78, 5) is 23.4. The lowest BCUT2D eigenvalue weighted by molar-refractivity contribution is -0.119. The van der Waals surface area contributed by atoms with E-state index in [4.69, 9.17) is 16.2 Å². The Hall–Kier alpha value is -2.44. The molecule has 7 nitrogen and oxygen atoms in total. The third-order valence-corrected chi connectivity index (χ3v) is 3.39. The van der Waals surface area contributed by atoms with Gasteiger partial charge in [-0.25, -0.2) is 4.79 Å². The standard InChI is InChI=1S/C14H20N4O3/c15-13(19)9-21-12-3-1-2-11(8-12)17-10-4-6-18(7-5-10)14(16)20/h1-3,8,10,17H,4-7,9H2,(H2,15,19)(H2,16,20). The van der Waals surface area contributed by atoms with Crippen molar-refractivity contribution in [2.24, 2.45) is 11.5 Å². The number of carbonyl (C=O) groups is 2. The summed E-state index contributed by atoms with van der Waals surface area (Å²) in [5.74, 6) is 0.0838. The number of piperidine rings is 1. The molecule has 2 rings (SSSR count). The first-order valence-electron chi connectivity index (χ1n) is 6.86. The number of amides is 3. The van der Waals surface area contributed by atoms with Crippen LogP contribution < -0.4 is 21.5 Å². The van der Waals surface area contributed by atoms with Gasteiger partial charge in [0.15, 0.2) is 6.61 Å². The number of urea groups is 1. The number of nitrogens with one attached hydrogen (secondary N) is 1. The highest BCUT2D eigenvalue weighted by molar-refractivity contribution is 5.75. The smallest absolute Gasteiger partial charge is 0.314 e. The predicted octanol–water partition coefficient (Wildman–Crippen LogP) is 0.506. The van der Waals surface area contributed by atoms with Crippen molar-refractivity contribution in [3.8, 4) is 5.75 Å². The number of hydrogen-bond acceptors (Lipinski definition) is 4. The highest BCUT2D eigenvalue weighted by Gasteiger charge is 2.20. The summed E-state index contributed by atoms with van der Waals surface area (Å²) < 4.78 is 5.26. The first kappa shape index (κ1) is 15.0. The summed E-state index contributed by atoms with van der Waals surface area (Å²) in [6, 6.07) is 7.28. The van der Waals surface area contributed by atoms with Crippen molar-refractivity contribution in [3.05, 3.63) is 24.3 Å².